The van der Waals surface area contributed by atoms with Gasteiger partial charge in [0.1, 0.15) is 0 Å². The van der Waals surface area contributed by atoms with Crippen LogP contribution in [0.2, 0.25) is 0 Å². The summed E-state index contributed by atoms with van der Waals surface area (Å²) in [5, 5.41) is 6.00. The maximum atomic E-state index is 12.5. The summed E-state index contributed by atoms with van der Waals surface area (Å²) < 4.78 is 7.65. The number of rotatable bonds is 5. The average molecular weight is 443 g/mol. The molecule has 1 amide bonds. The zero-order valence-corrected chi connectivity index (χ0v) is 18.0. The van der Waals surface area contributed by atoms with Gasteiger partial charge in [-0.15, -0.1) is 11.3 Å². The lowest BCUT2D eigenvalue weighted by Crippen LogP contribution is -2.47. The number of aryl methyl sites for hydroxylation is 1. The van der Waals surface area contributed by atoms with Crippen LogP contribution in [0.4, 0.5) is 0 Å². The van der Waals surface area contributed by atoms with Crippen molar-refractivity contribution in [3.8, 4) is 10.8 Å². The van der Waals surface area contributed by atoms with Crippen LogP contribution in [-0.2, 0) is 25.4 Å². The highest BCUT2D eigenvalue weighted by Gasteiger charge is 2.21. The summed E-state index contributed by atoms with van der Waals surface area (Å²) in [6, 6.07) is 3.87. The molecule has 0 radical (unpaired) electrons. The summed E-state index contributed by atoms with van der Waals surface area (Å²) in [7, 11) is 2.98. The lowest BCUT2D eigenvalue weighted by Gasteiger charge is -2.33. The van der Waals surface area contributed by atoms with Crippen molar-refractivity contribution in [2.45, 2.75) is 6.54 Å². The first kappa shape index (κ1) is 20.9. The Kier molecular flexibility index (Phi) is 5.96. The molecule has 4 rings (SSSR count). The third-order valence-corrected chi connectivity index (χ3v) is 5.99. The summed E-state index contributed by atoms with van der Waals surface area (Å²) in [5.41, 5.74) is -0.553. The molecule has 31 heavy (non-hydrogen) atoms. The van der Waals surface area contributed by atoms with E-state index in [-0.39, 0.29) is 11.5 Å². The second-order valence-electron chi connectivity index (χ2n) is 7.27. The number of carbonyl (C=O) groups excluding carboxylic acids is 1. The predicted molar refractivity (Wildman–Crippen MR) is 115 cm³/mol. The highest BCUT2D eigenvalue weighted by Crippen LogP contribution is 2.22. The van der Waals surface area contributed by atoms with Crippen LogP contribution in [0.5, 0.6) is 0 Å². The number of thiophene rings is 1. The minimum Gasteiger partial charge on any atom is -0.337 e. The lowest BCUT2D eigenvalue weighted by atomic mass is 10.2. The van der Waals surface area contributed by atoms with E-state index < -0.39 is 11.2 Å². The Morgan fingerprint density at radius 1 is 1.23 bits per heavy atom. The molecular weight excluding hydrogens is 420 g/mol. The van der Waals surface area contributed by atoms with Gasteiger partial charge in [0.2, 0.25) is 5.91 Å². The highest BCUT2D eigenvalue weighted by atomic mass is 32.1. The third kappa shape index (κ3) is 4.57. The second-order valence-corrected chi connectivity index (χ2v) is 8.22. The molecule has 0 aliphatic carbocycles. The van der Waals surface area contributed by atoms with Crippen molar-refractivity contribution in [3.05, 3.63) is 62.0 Å². The maximum absolute atomic E-state index is 12.5. The zero-order valence-electron chi connectivity index (χ0n) is 17.2. The number of hydrogen-bond donors (Lipinski definition) is 0. The molecule has 1 aliphatic rings. The van der Waals surface area contributed by atoms with Crippen LogP contribution in [0.15, 0.2) is 43.9 Å². The summed E-state index contributed by atoms with van der Waals surface area (Å²) in [6.45, 7) is 3.04. The molecule has 0 unspecified atom stereocenters. The normalized spacial score (nSPS) is 15.1. The molecule has 1 aliphatic heterocycles. The molecule has 0 aromatic carbocycles. The van der Waals surface area contributed by atoms with E-state index >= 15 is 0 Å². The SMILES string of the molecule is Cn1cc(C=CC(=O)N2CCN(Cc3noc(-c4cccs4)n3)CC2)c(=O)n(C)c1=O. The average Bonchev–Trinajstić information content (AvgIpc) is 3.46. The minimum atomic E-state index is -0.431. The Morgan fingerprint density at radius 2 is 2.00 bits per heavy atom. The van der Waals surface area contributed by atoms with Crippen LogP contribution in [0.25, 0.3) is 16.8 Å². The Hall–Kier alpha value is -3.31. The molecule has 11 heteroatoms. The van der Waals surface area contributed by atoms with Gasteiger partial charge in [0, 0.05) is 52.5 Å². The molecule has 4 heterocycles. The molecule has 1 saturated heterocycles. The zero-order chi connectivity index (χ0) is 22.0. The van der Waals surface area contributed by atoms with Crippen LogP contribution in [-0.4, -0.2) is 61.2 Å². The molecule has 0 N–H and O–H groups in total. The largest absolute Gasteiger partial charge is 0.337 e. The Bertz CT molecular complexity index is 1220. The standard InChI is InChI=1S/C20H22N6O4S/c1-23-12-14(19(28)24(2)20(23)29)5-6-17(27)26-9-7-25(8-10-26)13-16-21-18(30-22-16)15-4-3-11-31-15/h3-6,11-12H,7-10,13H2,1-2H3. The van der Waals surface area contributed by atoms with E-state index in [1.807, 2.05) is 17.5 Å². The first-order chi connectivity index (χ1) is 14.9. The van der Waals surface area contributed by atoms with Crippen LogP contribution < -0.4 is 11.2 Å². The van der Waals surface area contributed by atoms with E-state index in [4.69, 9.17) is 4.52 Å². The van der Waals surface area contributed by atoms with Gasteiger partial charge in [-0.2, -0.15) is 4.98 Å². The highest BCUT2D eigenvalue weighted by molar-refractivity contribution is 7.13. The fourth-order valence-electron chi connectivity index (χ4n) is 3.36. The molecule has 1 fully saturated rings. The second kappa shape index (κ2) is 8.82. The van der Waals surface area contributed by atoms with E-state index in [1.165, 1.54) is 30.0 Å². The Balaban J connectivity index is 1.33. The van der Waals surface area contributed by atoms with Gasteiger partial charge < -0.3 is 14.0 Å². The summed E-state index contributed by atoms with van der Waals surface area (Å²) in [5.74, 6) is 0.970. The molecule has 3 aromatic heterocycles. The van der Waals surface area contributed by atoms with Crippen molar-refractivity contribution in [2.75, 3.05) is 26.2 Å². The van der Waals surface area contributed by atoms with Gasteiger partial charge in [-0.1, -0.05) is 11.2 Å². The molecule has 0 spiro atoms. The third-order valence-electron chi connectivity index (χ3n) is 5.13. The summed E-state index contributed by atoms with van der Waals surface area (Å²) in [6.07, 6.45) is 4.27. The quantitative estimate of drug-likeness (QED) is 0.531. The maximum Gasteiger partial charge on any atom is 0.330 e. The number of piperazine rings is 1. The minimum absolute atomic E-state index is 0.171. The number of carbonyl (C=O) groups is 1. The number of aromatic nitrogens is 4. The first-order valence-corrected chi connectivity index (χ1v) is 10.6. The lowest BCUT2D eigenvalue weighted by molar-refractivity contribution is -0.127. The monoisotopic (exact) mass is 442 g/mol. The van der Waals surface area contributed by atoms with E-state index in [0.717, 1.165) is 9.44 Å². The van der Waals surface area contributed by atoms with Crippen LogP contribution >= 0.6 is 11.3 Å². The number of hydrogen-bond acceptors (Lipinski definition) is 8. The van der Waals surface area contributed by atoms with Gasteiger partial charge in [0.25, 0.3) is 11.4 Å². The molecule has 162 valence electrons. The smallest absolute Gasteiger partial charge is 0.330 e. The van der Waals surface area contributed by atoms with E-state index in [2.05, 4.69) is 15.0 Å². The van der Waals surface area contributed by atoms with Crippen molar-refractivity contribution in [1.82, 2.24) is 29.1 Å². The van der Waals surface area contributed by atoms with Crippen molar-refractivity contribution in [3.63, 3.8) is 0 Å². The van der Waals surface area contributed by atoms with Crippen LogP contribution in [0.3, 0.4) is 0 Å². The van der Waals surface area contributed by atoms with Gasteiger partial charge in [0.15, 0.2) is 5.82 Å². The fraction of sp³-hybridized carbons (Fsp3) is 0.350. The first-order valence-electron chi connectivity index (χ1n) is 9.75. The molecular formula is C20H22N6O4S. The molecule has 0 bridgehead atoms. The predicted octanol–water partition coefficient (Wildman–Crippen LogP) is 0.553. The van der Waals surface area contributed by atoms with Gasteiger partial charge >= 0.3 is 5.69 Å². The Morgan fingerprint density at radius 3 is 2.71 bits per heavy atom. The van der Waals surface area contributed by atoms with Crippen molar-refractivity contribution in [2.24, 2.45) is 14.1 Å². The van der Waals surface area contributed by atoms with Crippen molar-refractivity contribution in [1.29, 1.82) is 0 Å². The summed E-state index contributed by atoms with van der Waals surface area (Å²) >= 11 is 1.55. The van der Waals surface area contributed by atoms with E-state index in [9.17, 15) is 14.4 Å². The topological polar surface area (TPSA) is 106 Å². The van der Waals surface area contributed by atoms with E-state index in [0.29, 0.717) is 44.4 Å². The molecule has 0 saturated carbocycles. The molecule has 10 nitrogen and oxygen atoms in total. The number of amides is 1. The van der Waals surface area contributed by atoms with Crippen LogP contribution in [0.1, 0.15) is 11.4 Å². The molecule has 0 atom stereocenters. The van der Waals surface area contributed by atoms with Crippen LogP contribution in [0, 0.1) is 0 Å². The summed E-state index contributed by atoms with van der Waals surface area (Å²) in [4.78, 5) is 45.7. The van der Waals surface area contributed by atoms with Crippen molar-refractivity contribution < 1.29 is 9.32 Å². The van der Waals surface area contributed by atoms with Gasteiger partial charge in [0.05, 0.1) is 17.0 Å². The van der Waals surface area contributed by atoms with E-state index in [1.54, 1.807) is 23.3 Å². The van der Waals surface area contributed by atoms with Gasteiger partial charge in [-0.3, -0.25) is 19.1 Å². The molecule has 3 aromatic rings. The fourth-order valence-corrected chi connectivity index (χ4v) is 4.01. The van der Waals surface area contributed by atoms with Crippen molar-refractivity contribution >= 4 is 23.3 Å². The van der Waals surface area contributed by atoms with Gasteiger partial charge in [-0.25, -0.2) is 4.79 Å². The van der Waals surface area contributed by atoms with Gasteiger partial charge in [-0.05, 0) is 17.5 Å². The number of nitrogens with zero attached hydrogens (tertiary/aromatic N) is 6. The Labute approximate surface area is 181 Å².